The van der Waals surface area contributed by atoms with Crippen molar-refractivity contribution in [3.8, 4) is 0 Å². The van der Waals surface area contributed by atoms with E-state index in [0.29, 0.717) is 0 Å². The van der Waals surface area contributed by atoms with E-state index < -0.39 is 0 Å². The third-order valence-corrected chi connectivity index (χ3v) is 5.73. The van der Waals surface area contributed by atoms with Crippen molar-refractivity contribution in [2.24, 2.45) is 4.99 Å². The van der Waals surface area contributed by atoms with Crippen LogP contribution in [0.25, 0.3) is 16.9 Å². The van der Waals surface area contributed by atoms with E-state index in [9.17, 15) is 0 Å². The predicted octanol–water partition coefficient (Wildman–Crippen LogP) is 7.31. The highest BCUT2D eigenvalue weighted by atomic mass is 15.3. The van der Waals surface area contributed by atoms with Crippen molar-refractivity contribution in [1.82, 2.24) is 14.5 Å². The van der Waals surface area contributed by atoms with Crippen LogP contribution in [0.4, 0.5) is 5.69 Å². The summed E-state index contributed by atoms with van der Waals surface area (Å²) in [5.74, 6) is 2.86. The standard InChI is InChI=1S/C28H30N4/c1-6-28(32-23(5)30-25-17-12-13-19-27(25)32)31(26-18-9-7-8-15-21(26)3)22(4)29-24-16-11-10-14-20(24)2/h6,8-19H,7H2,1-5H3/b28-6-,29-22+. The molecule has 2 aromatic carbocycles. The molecular formula is C28H30N4. The Balaban J connectivity index is 1.95. The minimum absolute atomic E-state index is 0.902. The van der Waals surface area contributed by atoms with Gasteiger partial charge in [-0.05, 0) is 82.5 Å². The Morgan fingerprint density at radius 2 is 1.72 bits per heavy atom. The van der Waals surface area contributed by atoms with Crippen molar-refractivity contribution in [2.45, 2.75) is 41.0 Å². The van der Waals surface area contributed by atoms with E-state index in [0.717, 1.165) is 51.9 Å². The fraction of sp³-hybridized carbons (Fsp3) is 0.214. The molecule has 0 saturated carbocycles. The number of benzene rings is 2. The zero-order chi connectivity index (χ0) is 22.7. The minimum Gasteiger partial charge on any atom is -0.284 e. The van der Waals surface area contributed by atoms with Crippen molar-refractivity contribution in [3.05, 3.63) is 102 Å². The second-order valence-corrected chi connectivity index (χ2v) is 8.02. The third-order valence-electron chi connectivity index (χ3n) is 5.73. The monoisotopic (exact) mass is 422 g/mol. The van der Waals surface area contributed by atoms with Gasteiger partial charge in [0.05, 0.1) is 22.4 Å². The molecule has 0 atom stereocenters. The predicted molar refractivity (Wildman–Crippen MR) is 136 cm³/mol. The van der Waals surface area contributed by atoms with Gasteiger partial charge in [0.25, 0.3) is 0 Å². The highest BCUT2D eigenvalue weighted by molar-refractivity contribution is 5.92. The fourth-order valence-corrected chi connectivity index (χ4v) is 4.14. The van der Waals surface area contributed by atoms with E-state index in [1.165, 1.54) is 5.57 Å². The summed E-state index contributed by atoms with van der Waals surface area (Å²) in [6.07, 6.45) is 11.8. The van der Waals surface area contributed by atoms with Gasteiger partial charge in [-0.15, -0.1) is 0 Å². The number of rotatable bonds is 4. The maximum absolute atomic E-state index is 5.06. The van der Waals surface area contributed by atoms with Crippen molar-refractivity contribution < 1.29 is 0 Å². The first-order valence-electron chi connectivity index (χ1n) is 11.1. The van der Waals surface area contributed by atoms with Crippen LogP contribution in [0, 0.1) is 13.8 Å². The van der Waals surface area contributed by atoms with Gasteiger partial charge in [0, 0.05) is 0 Å². The summed E-state index contributed by atoms with van der Waals surface area (Å²) in [5.41, 5.74) is 6.50. The van der Waals surface area contributed by atoms with Gasteiger partial charge in [-0.25, -0.2) is 9.98 Å². The van der Waals surface area contributed by atoms with Crippen molar-refractivity contribution in [3.63, 3.8) is 0 Å². The summed E-state index contributed by atoms with van der Waals surface area (Å²) in [6.45, 7) is 10.5. The number of hydrogen-bond donors (Lipinski definition) is 0. The van der Waals surface area contributed by atoms with Gasteiger partial charge in [0.2, 0.25) is 0 Å². The number of aromatic nitrogens is 2. The average molecular weight is 423 g/mol. The molecule has 0 aliphatic heterocycles. The maximum Gasteiger partial charge on any atom is 0.120 e. The molecule has 162 valence electrons. The molecule has 4 nitrogen and oxygen atoms in total. The van der Waals surface area contributed by atoms with Crippen LogP contribution in [0.2, 0.25) is 0 Å². The third kappa shape index (κ3) is 4.09. The first-order chi connectivity index (χ1) is 15.5. The molecule has 0 amide bonds. The lowest BCUT2D eigenvalue weighted by Gasteiger charge is -2.30. The van der Waals surface area contributed by atoms with Crippen LogP contribution < -0.4 is 0 Å². The molecule has 0 fully saturated rings. The van der Waals surface area contributed by atoms with Crippen LogP contribution in [0.5, 0.6) is 0 Å². The Morgan fingerprint density at radius 1 is 1.00 bits per heavy atom. The van der Waals surface area contributed by atoms with Gasteiger partial charge in [-0.3, -0.25) is 9.47 Å². The van der Waals surface area contributed by atoms with Gasteiger partial charge < -0.3 is 0 Å². The SMILES string of the molecule is C/C=C(/N(C1=C(C)C=CCC=C1)/C(C)=N/c1ccccc1C)n1c(C)nc2ccccc21. The molecule has 32 heavy (non-hydrogen) atoms. The molecule has 0 radical (unpaired) electrons. The molecule has 0 N–H and O–H groups in total. The van der Waals surface area contributed by atoms with Crippen LogP contribution in [0.15, 0.2) is 95.2 Å². The summed E-state index contributed by atoms with van der Waals surface area (Å²) in [7, 11) is 0. The minimum atomic E-state index is 0.902. The Bertz CT molecular complexity index is 1300. The zero-order valence-corrected chi connectivity index (χ0v) is 19.5. The number of imidazole rings is 1. The molecule has 0 spiro atoms. The van der Waals surface area contributed by atoms with E-state index >= 15 is 0 Å². The summed E-state index contributed by atoms with van der Waals surface area (Å²) in [6, 6.07) is 16.5. The molecule has 4 heteroatoms. The molecule has 0 unspecified atom stereocenters. The number of para-hydroxylation sites is 3. The summed E-state index contributed by atoms with van der Waals surface area (Å²) in [5, 5.41) is 0. The number of aryl methyl sites for hydroxylation is 2. The second-order valence-electron chi connectivity index (χ2n) is 8.02. The number of fused-ring (bicyclic) bond motifs is 1. The fourth-order valence-electron chi connectivity index (χ4n) is 4.14. The van der Waals surface area contributed by atoms with E-state index in [2.05, 4.69) is 105 Å². The molecule has 1 aromatic heterocycles. The van der Waals surface area contributed by atoms with Crippen molar-refractivity contribution >= 4 is 28.4 Å². The lowest BCUT2D eigenvalue weighted by molar-refractivity contribution is 0.675. The lowest BCUT2D eigenvalue weighted by Crippen LogP contribution is -2.30. The quantitative estimate of drug-likeness (QED) is 0.326. The normalized spacial score (nSPS) is 14.9. The van der Waals surface area contributed by atoms with Gasteiger partial charge in [-0.1, -0.05) is 48.6 Å². The smallest absolute Gasteiger partial charge is 0.120 e. The Labute approximate surface area is 190 Å². The van der Waals surface area contributed by atoms with E-state index in [1.54, 1.807) is 0 Å². The molecule has 1 heterocycles. The number of nitrogens with zero attached hydrogens (tertiary/aromatic N) is 4. The summed E-state index contributed by atoms with van der Waals surface area (Å²) < 4.78 is 2.22. The summed E-state index contributed by atoms with van der Waals surface area (Å²) in [4.78, 5) is 12.1. The highest BCUT2D eigenvalue weighted by Crippen LogP contribution is 2.30. The molecule has 0 bridgehead atoms. The Morgan fingerprint density at radius 3 is 2.50 bits per heavy atom. The van der Waals surface area contributed by atoms with E-state index in [1.807, 2.05) is 18.2 Å². The molecule has 4 rings (SSSR count). The van der Waals surface area contributed by atoms with Crippen LogP contribution >= 0.6 is 0 Å². The van der Waals surface area contributed by atoms with Gasteiger partial charge in [0.15, 0.2) is 0 Å². The first kappa shape index (κ1) is 21.6. The molecule has 1 aliphatic rings. The van der Waals surface area contributed by atoms with Crippen molar-refractivity contribution in [2.75, 3.05) is 0 Å². The molecular weight excluding hydrogens is 392 g/mol. The van der Waals surface area contributed by atoms with Crippen LogP contribution in [0.3, 0.4) is 0 Å². The van der Waals surface area contributed by atoms with Gasteiger partial charge in [0.1, 0.15) is 17.5 Å². The zero-order valence-electron chi connectivity index (χ0n) is 19.5. The topological polar surface area (TPSA) is 33.4 Å². The van der Waals surface area contributed by atoms with Gasteiger partial charge >= 0.3 is 0 Å². The highest BCUT2D eigenvalue weighted by Gasteiger charge is 2.22. The number of amidine groups is 1. The van der Waals surface area contributed by atoms with Crippen LogP contribution in [0.1, 0.15) is 38.6 Å². The van der Waals surface area contributed by atoms with Crippen LogP contribution in [-0.2, 0) is 0 Å². The maximum atomic E-state index is 5.06. The average Bonchev–Trinajstić information content (AvgIpc) is 2.97. The van der Waals surface area contributed by atoms with E-state index in [-0.39, 0.29) is 0 Å². The van der Waals surface area contributed by atoms with Crippen LogP contribution in [-0.4, -0.2) is 20.3 Å². The Hall–Kier alpha value is -3.66. The van der Waals surface area contributed by atoms with E-state index in [4.69, 9.17) is 9.98 Å². The number of aliphatic imine (C=N–C) groups is 1. The van der Waals surface area contributed by atoms with Crippen molar-refractivity contribution in [1.29, 1.82) is 0 Å². The summed E-state index contributed by atoms with van der Waals surface area (Å²) >= 11 is 0. The molecule has 3 aromatic rings. The first-order valence-corrected chi connectivity index (χ1v) is 11.1. The number of hydrogen-bond acceptors (Lipinski definition) is 2. The van der Waals surface area contributed by atoms with Gasteiger partial charge in [-0.2, -0.15) is 0 Å². The lowest BCUT2D eigenvalue weighted by atomic mass is 10.2. The number of allylic oxidation sites excluding steroid dienone is 6. The Kier molecular flexibility index (Phi) is 6.22. The molecule has 0 saturated heterocycles. The molecule has 1 aliphatic carbocycles. The largest absolute Gasteiger partial charge is 0.284 e. The second kappa shape index (κ2) is 9.23.